The first-order valence-electron chi connectivity index (χ1n) is 6.77. The number of thiol groups is 1. The number of nitrogens with zero attached hydrogens (tertiary/aromatic N) is 1. The van der Waals surface area contributed by atoms with E-state index in [1.165, 1.54) is 29.8 Å². The van der Waals surface area contributed by atoms with Crippen LogP contribution in [0.3, 0.4) is 0 Å². The van der Waals surface area contributed by atoms with Gasteiger partial charge < -0.3 is 0 Å². The molecule has 2 rings (SSSR count). The molecule has 1 fully saturated rings. The molecule has 1 heterocycles. The molecule has 1 nitrogen and oxygen atoms in total. The fourth-order valence-corrected chi connectivity index (χ4v) is 3.28. The second-order valence-corrected chi connectivity index (χ2v) is 5.84. The molecule has 0 radical (unpaired) electrons. The van der Waals surface area contributed by atoms with Crippen LogP contribution in [0.5, 0.6) is 0 Å². The number of hydrogen-bond donors (Lipinski definition) is 1. The molecule has 0 unspecified atom stereocenters. The van der Waals surface area contributed by atoms with Gasteiger partial charge in [-0.3, -0.25) is 4.90 Å². The highest BCUT2D eigenvalue weighted by Gasteiger charge is 2.25. The van der Waals surface area contributed by atoms with Gasteiger partial charge in [-0.15, -0.1) is 12.6 Å². The fraction of sp³-hybridized carbons (Fsp3) is 0.500. The third-order valence-corrected chi connectivity index (χ3v) is 4.32. The summed E-state index contributed by atoms with van der Waals surface area (Å²) in [6.07, 6.45) is 8.50. The van der Waals surface area contributed by atoms with Gasteiger partial charge in [0.05, 0.1) is 0 Å². The van der Waals surface area contributed by atoms with E-state index < -0.39 is 0 Å². The first-order chi connectivity index (χ1) is 8.65. The third-order valence-electron chi connectivity index (χ3n) is 3.76. The van der Waals surface area contributed by atoms with E-state index >= 15 is 0 Å². The van der Waals surface area contributed by atoms with Gasteiger partial charge in [-0.2, -0.15) is 0 Å². The quantitative estimate of drug-likeness (QED) is 0.749. The monoisotopic (exact) mass is 261 g/mol. The lowest BCUT2D eigenvalue weighted by atomic mass is 9.90. The van der Waals surface area contributed by atoms with Crippen LogP contribution in [-0.2, 0) is 0 Å². The van der Waals surface area contributed by atoms with Crippen molar-refractivity contribution in [1.29, 1.82) is 0 Å². The van der Waals surface area contributed by atoms with Crippen molar-refractivity contribution in [3.63, 3.8) is 0 Å². The van der Waals surface area contributed by atoms with Crippen molar-refractivity contribution in [3.05, 3.63) is 46.4 Å². The zero-order valence-corrected chi connectivity index (χ0v) is 12.3. The molecule has 0 saturated carbocycles. The van der Waals surface area contributed by atoms with Crippen LogP contribution in [0.25, 0.3) is 0 Å². The second-order valence-electron chi connectivity index (χ2n) is 5.39. The number of rotatable bonds is 4. The summed E-state index contributed by atoms with van der Waals surface area (Å²) in [5.41, 5.74) is 4.08. The van der Waals surface area contributed by atoms with E-state index in [1.807, 2.05) is 6.08 Å². The molecule has 98 valence electrons. The van der Waals surface area contributed by atoms with Crippen molar-refractivity contribution < 1.29 is 0 Å². The lowest BCUT2D eigenvalue weighted by molar-refractivity contribution is 0.124. The van der Waals surface area contributed by atoms with Crippen molar-refractivity contribution in [2.45, 2.75) is 26.7 Å². The van der Waals surface area contributed by atoms with Crippen LogP contribution in [-0.4, -0.2) is 24.5 Å². The van der Waals surface area contributed by atoms with Crippen molar-refractivity contribution in [2.24, 2.45) is 5.92 Å². The summed E-state index contributed by atoms with van der Waals surface area (Å²) in [6.45, 7) is 11.9. The minimum Gasteiger partial charge on any atom is -0.299 e. The molecule has 0 amide bonds. The maximum absolute atomic E-state index is 4.73. The highest BCUT2D eigenvalue weighted by Crippen LogP contribution is 2.35. The maximum atomic E-state index is 4.73. The predicted molar refractivity (Wildman–Crippen MR) is 82.9 cm³/mol. The van der Waals surface area contributed by atoms with Crippen LogP contribution in [0.1, 0.15) is 26.7 Å². The molecule has 0 aromatic carbocycles. The Hall–Kier alpha value is -0.730. The first-order valence-corrected chi connectivity index (χ1v) is 7.22. The summed E-state index contributed by atoms with van der Waals surface area (Å²) in [7, 11) is 0. The highest BCUT2D eigenvalue weighted by atomic mass is 32.1. The van der Waals surface area contributed by atoms with Crippen LogP contribution in [0.4, 0.5) is 0 Å². The Labute approximate surface area is 116 Å². The van der Waals surface area contributed by atoms with Crippen LogP contribution in [0, 0.1) is 5.92 Å². The van der Waals surface area contributed by atoms with Gasteiger partial charge >= 0.3 is 0 Å². The van der Waals surface area contributed by atoms with E-state index in [4.69, 9.17) is 12.6 Å². The maximum Gasteiger partial charge on any atom is 0.0207 e. The average molecular weight is 261 g/mol. The third kappa shape index (κ3) is 2.81. The molecule has 0 atom stereocenters. The molecule has 2 aliphatic rings. The van der Waals surface area contributed by atoms with Gasteiger partial charge in [0.25, 0.3) is 0 Å². The zero-order valence-electron chi connectivity index (χ0n) is 11.4. The van der Waals surface area contributed by atoms with E-state index in [-0.39, 0.29) is 0 Å². The number of likely N-dealkylation sites (tertiary alicyclic amines) is 1. The molecule has 1 aliphatic heterocycles. The minimum atomic E-state index is 0.866. The molecule has 1 aliphatic carbocycles. The Morgan fingerprint density at radius 2 is 2.11 bits per heavy atom. The molecule has 0 N–H and O–H groups in total. The van der Waals surface area contributed by atoms with Crippen LogP contribution in [0.15, 0.2) is 46.4 Å². The Bertz CT molecular complexity index is 422. The van der Waals surface area contributed by atoms with Crippen molar-refractivity contribution in [1.82, 2.24) is 4.90 Å². The fourth-order valence-electron chi connectivity index (χ4n) is 2.86. The molecule has 1 saturated heterocycles. The molecular formula is C16H23NS. The van der Waals surface area contributed by atoms with Gasteiger partial charge in [-0.05, 0) is 42.4 Å². The first kappa shape index (κ1) is 13.7. The van der Waals surface area contributed by atoms with Gasteiger partial charge in [0.2, 0.25) is 0 Å². The van der Waals surface area contributed by atoms with Gasteiger partial charge in [0.15, 0.2) is 0 Å². The predicted octanol–water partition coefficient (Wildman–Crippen LogP) is 3.97. The molecular weight excluding hydrogens is 238 g/mol. The zero-order chi connectivity index (χ0) is 13.1. The lowest BCUT2D eigenvalue weighted by Gasteiger charge is -2.38. The Morgan fingerprint density at radius 1 is 1.39 bits per heavy atom. The van der Waals surface area contributed by atoms with Crippen molar-refractivity contribution >= 4 is 12.6 Å². The van der Waals surface area contributed by atoms with E-state index in [9.17, 15) is 0 Å². The van der Waals surface area contributed by atoms with E-state index in [2.05, 4.69) is 37.5 Å². The molecule has 0 spiro atoms. The smallest absolute Gasteiger partial charge is 0.0207 e. The molecule has 0 aromatic heterocycles. The molecule has 2 heteroatoms. The minimum absolute atomic E-state index is 0.866. The highest BCUT2D eigenvalue weighted by molar-refractivity contribution is 7.84. The summed E-state index contributed by atoms with van der Waals surface area (Å²) in [4.78, 5) is 3.67. The summed E-state index contributed by atoms with van der Waals surface area (Å²) >= 11 is 4.73. The van der Waals surface area contributed by atoms with Gasteiger partial charge in [-0.1, -0.05) is 31.7 Å². The topological polar surface area (TPSA) is 3.24 Å². The van der Waals surface area contributed by atoms with Gasteiger partial charge in [0, 0.05) is 24.5 Å². The van der Waals surface area contributed by atoms with Crippen LogP contribution >= 0.6 is 12.6 Å². The van der Waals surface area contributed by atoms with Gasteiger partial charge in [0.1, 0.15) is 0 Å². The van der Waals surface area contributed by atoms with Crippen molar-refractivity contribution in [3.8, 4) is 0 Å². The van der Waals surface area contributed by atoms with E-state index in [0.29, 0.717) is 0 Å². The Morgan fingerprint density at radius 3 is 2.67 bits per heavy atom. The summed E-state index contributed by atoms with van der Waals surface area (Å²) < 4.78 is 0. The van der Waals surface area contributed by atoms with E-state index in [0.717, 1.165) is 30.2 Å². The normalized spacial score (nSPS) is 22.8. The van der Waals surface area contributed by atoms with Crippen LogP contribution in [0.2, 0.25) is 0 Å². The standard InChI is InChI=1S/C16H23NS/c1-4-6-13-7-8-14(16(18)15(13)5-2)11-17-9-12(3)10-17/h4-6,12,18H,2,7-11H2,1,3H3/b6-4-. The number of hydrogen-bond acceptors (Lipinski definition) is 2. The van der Waals surface area contributed by atoms with E-state index in [1.54, 1.807) is 0 Å². The summed E-state index contributed by atoms with van der Waals surface area (Å²) in [5, 5.41) is 0. The molecule has 18 heavy (non-hydrogen) atoms. The molecule has 0 aromatic rings. The largest absolute Gasteiger partial charge is 0.299 e. The molecule has 0 bridgehead atoms. The number of allylic oxidation sites excluding steroid dienone is 5. The lowest BCUT2D eigenvalue weighted by Crippen LogP contribution is -2.46. The average Bonchev–Trinajstić information content (AvgIpc) is 2.31. The van der Waals surface area contributed by atoms with Gasteiger partial charge in [-0.25, -0.2) is 0 Å². The Balaban J connectivity index is 2.15. The summed E-state index contributed by atoms with van der Waals surface area (Å²) in [5.74, 6) is 0.866. The Kier molecular flexibility index (Phi) is 4.52. The SMILES string of the molecule is C=CC1=C(/C=C\C)CCC(CN2CC(C)C2)=C1S. The van der Waals surface area contributed by atoms with Crippen molar-refractivity contribution in [2.75, 3.05) is 19.6 Å². The second kappa shape index (κ2) is 5.94. The van der Waals surface area contributed by atoms with Crippen LogP contribution < -0.4 is 0 Å². The summed E-state index contributed by atoms with van der Waals surface area (Å²) in [6, 6.07) is 0.